The van der Waals surface area contributed by atoms with Crippen molar-refractivity contribution in [3.63, 3.8) is 0 Å². The first-order chi connectivity index (χ1) is 6.19. The second-order valence-corrected chi connectivity index (χ2v) is 2.21. The first-order valence-electron chi connectivity index (χ1n) is 3.26. The standard InChI is InChI=1S/C7H6N2O4/c10-7(11)5-3-4(8-12)1-2-6(5)9-13/h1-3,12-13H,(H,10,11). The van der Waals surface area contributed by atoms with Gasteiger partial charge in [0.2, 0.25) is 0 Å². The molecule has 0 aromatic heterocycles. The minimum Gasteiger partial charge on any atom is -0.478 e. The summed E-state index contributed by atoms with van der Waals surface area (Å²) in [7, 11) is 0. The Morgan fingerprint density at radius 1 is 1.23 bits per heavy atom. The van der Waals surface area contributed by atoms with Crippen molar-refractivity contribution in [2.24, 2.45) is 10.3 Å². The zero-order valence-corrected chi connectivity index (χ0v) is 6.38. The van der Waals surface area contributed by atoms with E-state index < -0.39 is 5.97 Å². The molecule has 3 N–H and O–H groups in total. The van der Waals surface area contributed by atoms with Crippen LogP contribution < -0.4 is 0 Å². The maximum Gasteiger partial charge on any atom is 0.338 e. The predicted molar refractivity (Wildman–Crippen MR) is 43.3 cm³/mol. The molecule has 13 heavy (non-hydrogen) atoms. The molecule has 0 bridgehead atoms. The highest BCUT2D eigenvalue weighted by atomic mass is 16.4. The van der Waals surface area contributed by atoms with Crippen LogP contribution in [0.2, 0.25) is 0 Å². The number of rotatable bonds is 1. The quantitative estimate of drug-likeness (QED) is 0.306. The molecule has 1 aliphatic rings. The normalized spacial score (nSPS) is 22.0. The molecule has 0 unspecified atom stereocenters. The number of carbonyl (C=O) groups is 1. The summed E-state index contributed by atoms with van der Waals surface area (Å²) in [5.74, 6) is -1.25. The number of aliphatic carboxylic acids is 1. The number of allylic oxidation sites excluding steroid dienone is 3. The number of carboxylic acids is 1. The minimum absolute atomic E-state index is 0.0834. The third-order valence-electron chi connectivity index (χ3n) is 1.43. The summed E-state index contributed by atoms with van der Waals surface area (Å²) in [5, 5.41) is 30.9. The van der Waals surface area contributed by atoms with E-state index in [0.29, 0.717) is 0 Å². The number of nitrogens with zero attached hydrogens (tertiary/aromatic N) is 2. The van der Waals surface area contributed by atoms with Crippen molar-refractivity contribution in [3.05, 3.63) is 23.8 Å². The topological polar surface area (TPSA) is 102 Å². The average molecular weight is 182 g/mol. The Bertz CT molecular complexity index is 352. The fourth-order valence-corrected chi connectivity index (χ4v) is 0.845. The second kappa shape index (κ2) is 3.53. The van der Waals surface area contributed by atoms with Crippen LogP contribution in [0.1, 0.15) is 0 Å². The molecule has 0 atom stereocenters. The fourth-order valence-electron chi connectivity index (χ4n) is 0.845. The van der Waals surface area contributed by atoms with Crippen LogP contribution in [0.15, 0.2) is 34.1 Å². The van der Waals surface area contributed by atoms with E-state index in [4.69, 9.17) is 15.5 Å². The molecule has 0 aromatic rings. The molecule has 0 aromatic carbocycles. The van der Waals surface area contributed by atoms with Crippen molar-refractivity contribution in [1.29, 1.82) is 0 Å². The summed E-state index contributed by atoms with van der Waals surface area (Å²) in [6.45, 7) is 0. The van der Waals surface area contributed by atoms with Crippen LogP contribution in [0.5, 0.6) is 0 Å². The van der Waals surface area contributed by atoms with Crippen molar-refractivity contribution in [2.45, 2.75) is 0 Å². The maximum absolute atomic E-state index is 10.6. The number of carboxylic acid groups (broad SMARTS) is 1. The first-order valence-corrected chi connectivity index (χ1v) is 3.26. The molecule has 6 heteroatoms. The van der Waals surface area contributed by atoms with Gasteiger partial charge in [-0.1, -0.05) is 10.3 Å². The molecular formula is C7H6N2O4. The largest absolute Gasteiger partial charge is 0.478 e. The van der Waals surface area contributed by atoms with E-state index >= 15 is 0 Å². The van der Waals surface area contributed by atoms with E-state index in [1.165, 1.54) is 12.2 Å². The molecule has 0 radical (unpaired) electrons. The van der Waals surface area contributed by atoms with Gasteiger partial charge >= 0.3 is 5.97 Å². The lowest BCUT2D eigenvalue weighted by Gasteiger charge is -2.04. The van der Waals surface area contributed by atoms with Gasteiger partial charge in [0.25, 0.3) is 0 Å². The highest BCUT2D eigenvalue weighted by molar-refractivity contribution is 6.31. The lowest BCUT2D eigenvalue weighted by Crippen LogP contribution is -2.15. The van der Waals surface area contributed by atoms with Crippen molar-refractivity contribution in [2.75, 3.05) is 0 Å². The zero-order chi connectivity index (χ0) is 9.84. The SMILES string of the molecule is O=C(O)C1=CC(=NO)C=CC1=NO. The molecule has 68 valence electrons. The summed E-state index contributed by atoms with van der Waals surface area (Å²) in [6.07, 6.45) is 3.65. The van der Waals surface area contributed by atoms with Crippen LogP contribution in [0.3, 0.4) is 0 Å². The van der Waals surface area contributed by atoms with Crippen LogP contribution in [0, 0.1) is 0 Å². The van der Waals surface area contributed by atoms with Crippen molar-refractivity contribution < 1.29 is 20.3 Å². The smallest absolute Gasteiger partial charge is 0.338 e. The Morgan fingerprint density at radius 3 is 2.38 bits per heavy atom. The molecule has 1 rings (SSSR count). The van der Waals surface area contributed by atoms with Crippen LogP contribution in [-0.2, 0) is 4.79 Å². The van der Waals surface area contributed by atoms with Crippen LogP contribution >= 0.6 is 0 Å². The predicted octanol–water partition coefficient (Wildman–Crippen LogP) is 0.228. The Balaban J connectivity index is 3.13. The molecule has 0 spiro atoms. The maximum atomic E-state index is 10.6. The number of oxime groups is 2. The van der Waals surface area contributed by atoms with Crippen molar-refractivity contribution >= 4 is 17.4 Å². The minimum atomic E-state index is -1.25. The Labute approximate surface area is 72.8 Å². The summed E-state index contributed by atoms with van der Waals surface area (Å²) in [6, 6.07) is 0. The third kappa shape index (κ3) is 1.73. The summed E-state index contributed by atoms with van der Waals surface area (Å²) in [5.41, 5.74) is -0.220. The molecule has 0 saturated heterocycles. The van der Waals surface area contributed by atoms with E-state index in [0.717, 1.165) is 6.08 Å². The summed E-state index contributed by atoms with van der Waals surface area (Å²) >= 11 is 0. The van der Waals surface area contributed by atoms with Gasteiger partial charge in [-0.05, 0) is 18.2 Å². The zero-order valence-electron chi connectivity index (χ0n) is 6.38. The van der Waals surface area contributed by atoms with Gasteiger partial charge in [0.15, 0.2) is 0 Å². The van der Waals surface area contributed by atoms with Gasteiger partial charge in [-0.25, -0.2) is 4.79 Å². The second-order valence-electron chi connectivity index (χ2n) is 2.21. The Morgan fingerprint density at radius 2 is 1.92 bits per heavy atom. The fraction of sp³-hybridized carbons (Fsp3) is 0. The van der Waals surface area contributed by atoms with Crippen molar-refractivity contribution in [3.8, 4) is 0 Å². The molecular weight excluding hydrogens is 176 g/mol. The van der Waals surface area contributed by atoms with Gasteiger partial charge in [0, 0.05) is 0 Å². The van der Waals surface area contributed by atoms with E-state index in [1.807, 2.05) is 0 Å². The molecule has 0 aliphatic heterocycles. The van der Waals surface area contributed by atoms with E-state index in [2.05, 4.69) is 10.3 Å². The summed E-state index contributed by atoms with van der Waals surface area (Å²) < 4.78 is 0. The van der Waals surface area contributed by atoms with E-state index in [1.54, 1.807) is 0 Å². The molecule has 0 amide bonds. The monoisotopic (exact) mass is 182 g/mol. The Kier molecular flexibility index (Phi) is 2.44. The third-order valence-corrected chi connectivity index (χ3v) is 1.43. The van der Waals surface area contributed by atoms with Gasteiger partial charge in [0.05, 0.1) is 5.57 Å². The first kappa shape index (κ1) is 8.98. The number of hydrogen-bond donors (Lipinski definition) is 3. The highest BCUT2D eigenvalue weighted by Gasteiger charge is 2.17. The van der Waals surface area contributed by atoms with Gasteiger partial charge in [-0.15, -0.1) is 0 Å². The lowest BCUT2D eigenvalue weighted by molar-refractivity contribution is -0.132. The lowest BCUT2D eigenvalue weighted by atomic mass is 10.0. The molecule has 0 heterocycles. The van der Waals surface area contributed by atoms with Crippen LogP contribution in [0.25, 0.3) is 0 Å². The number of hydrogen-bond acceptors (Lipinski definition) is 5. The van der Waals surface area contributed by atoms with Gasteiger partial charge < -0.3 is 15.5 Å². The highest BCUT2D eigenvalue weighted by Crippen LogP contribution is 2.07. The molecule has 1 aliphatic carbocycles. The average Bonchev–Trinajstić information content (AvgIpc) is 2.16. The van der Waals surface area contributed by atoms with E-state index in [-0.39, 0.29) is 17.0 Å². The van der Waals surface area contributed by atoms with Gasteiger partial charge in [-0.3, -0.25) is 0 Å². The van der Waals surface area contributed by atoms with E-state index in [9.17, 15) is 4.79 Å². The van der Waals surface area contributed by atoms with Crippen LogP contribution in [-0.4, -0.2) is 32.9 Å². The summed E-state index contributed by atoms with van der Waals surface area (Å²) in [4.78, 5) is 10.6. The molecule has 0 fully saturated rings. The van der Waals surface area contributed by atoms with Gasteiger partial charge in [0.1, 0.15) is 11.4 Å². The van der Waals surface area contributed by atoms with Crippen molar-refractivity contribution in [1.82, 2.24) is 0 Å². The van der Waals surface area contributed by atoms with Crippen LogP contribution in [0.4, 0.5) is 0 Å². The molecule has 6 nitrogen and oxygen atoms in total. The molecule has 0 saturated carbocycles. The Hall–Kier alpha value is -2.11. The van der Waals surface area contributed by atoms with Gasteiger partial charge in [-0.2, -0.15) is 0 Å².